The smallest absolute Gasteiger partial charge is 0.251 e. The van der Waals surface area contributed by atoms with Crippen LogP contribution >= 0.6 is 0 Å². The van der Waals surface area contributed by atoms with Gasteiger partial charge in [0, 0.05) is 5.56 Å². The normalized spacial score (nSPS) is 11.1. The third-order valence-corrected chi connectivity index (χ3v) is 5.64. The molecule has 0 aliphatic rings. The number of carbonyl (C=O) groups is 1. The van der Waals surface area contributed by atoms with E-state index in [9.17, 15) is 4.79 Å². The van der Waals surface area contributed by atoms with Crippen molar-refractivity contribution in [1.29, 1.82) is 0 Å². The van der Waals surface area contributed by atoms with Crippen LogP contribution in [0.25, 0.3) is 11.0 Å². The standard InChI is InChI=1S/C27H29N3O2/c1-19(2)21-11-6-9-15-25(21)32-17-16-30-24-14-8-7-13-23(24)29-26(30)18-28-27(31)22-12-5-4-10-20(22)3/h4-15,19H,16-18H2,1-3H3,(H,28,31). The summed E-state index contributed by atoms with van der Waals surface area (Å²) in [6.07, 6.45) is 0. The number of hydrogen-bond donors (Lipinski definition) is 1. The lowest BCUT2D eigenvalue weighted by molar-refractivity contribution is 0.0949. The van der Waals surface area contributed by atoms with Gasteiger partial charge in [-0.05, 0) is 48.2 Å². The minimum absolute atomic E-state index is 0.0937. The number of amides is 1. The number of nitrogens with zero attached hydrogens (tertiary/aromatic N) is 2. The molecule has 1 heterocycles. The van der Waals surface area contributed by atoms with Gasteiger partial charge in [0.1, 0.15) is 18.2 Å². The SMILES string of the molecule is Cc1ccccc1C(=O)NCc1nc2ccccc2n1CCOc1ccccc1C(C)C. The number of rotatable bonds is 8. The summed E-state index contributed by atoms with van der Waals surface area (Å²) in [5.74, 6) is 2.03. The summed E-state index contributed by atoms with van der Waals surface area (Å²) in [6, 6.07) is 23.8. The first-order valence-electron chi connectivity index (χ1n) is 11.0. The van der Waals surface area contributed by atoms with Gasteiger partial charge in [0.2, 0.25) is 0 Å². The van der Waals surface area contributed by atoms with Crippen LogP contribution in [0.3, 0.4) is 0 Å². The van der Waals surface area contributed by atoms with Crippen molar-refractivity contribution in [2.75, 3.05) is 6.61 Å². The van der Waals surface area contributed by atoms with E-state index in [1.807, 2.05) is 67.6 Å². The molecule has 32 heavy (non-hydrogen) atoms. The molecule has 1 N–H and O–H groups in total. The van der Waals surface area contributed by atoms with Crippen molar-refractivity contribution in [3.8, 4) is 5.75 Å². The molecule has 164 valence electrons. The molecule has 5 heteroatoms. The molecule has 4 rings (SSSR count). The first kappa shape index (κ1) is 21.6. The molecule has 0 radical (unpaired) electrons. The van der Waals surface area contributed by atoms with Crippen molar-refractivity contribution in [2.45, 2.75) is 39.8 Å². The fourth-order valence-corrected chi connectivity index (χ4v) is 3.93. The van der Waals surface area contributed by atoms with E-state index >= 15 is 0 Å². The summed E-state index contributed by atoms with van der Waals surface area (Å²) >= 11 is 0. The van der Waals surface area contributed by atoms with E-state index in [1.165, 1.54) is 5.56 Å². The van der Waals surface area contributed by atoms with Gasteiger partial charge in [-0.25, -0.2) is 4.98 Å². The zero-order valence-electron chi connectivity index (χ0n) is 18.8. The van der Waals surface area contributed by atoms with Crippen molar-refractivity contribution in [1.82, 2.24) is 14.9 Å². The Morgan fingerprint density at radius 3 is 2.53 bits per heavy atom. The maximum atomic E-state index is 12.7. The number of aryl methyl sites for hydroxylation is 1. The van der Waals surface area contributed by atoms with Crippen LogP contribution in [-0.4, -0.2) is 22.1 Å². The zero-order chi connectivity index (χ0) is 22.5. The molecule has 4 aromatic rings. The van der Waals surface area contributed by atoms with E-state index in [0.717, 1.165) is 28.2 Å². The van der Waals surface area contributed by atoms with Crippen molar-refractivity contribution >= 4 is 16.9 Å². The molecule has 0 atom stereocenters. The molecule has 5 nitrogen and oxygen atoms in total. The van der Waals surface area contributed by atoms with Gasteiger partial charge in [-0.1, -0.05) is 62.4 Å². The fourth-order valence-electron chi connectivity index (χ4n) is 3.93. The number of benzene rings is 3. The number of ether oxygens (including phenoxy) is 1. The largest absolute Gasteiger partial charge is 0.491 e. The predicted octanol–water partition coefficient (Wildman–Crippen LogP) is 5.48. The first-order valence-corrected chi connectivity index (χ1v) is 11.0. The van der Waals surface area contributed by atoms with Gasteiger partial charge in [0.05, 0.1) is 24.1 Å². The molecular weight excluding hydrogens is 398 g/mol. The molecule has 0 bridgehead atoms. The third-order valence-electron chi connectivity index (χ3n) is 5.64. The lowest BCUT2D eigenvalue weighted by Crippen LogP contribution is -2.26. The number of nitrogens with one attached hydrogen (secondary N) is 1. The Hall–Kier alpha value is -3.60. The van der Waals surface area contributed by atoms with E-state index < -0.39 is 0 Å². The lowest BCUT2D eigenvalue weighted by atomic mass is 10.0. The summed E-state index contributed by atoms with van der Waals surface area (Å²) < 4.78 is 8.28. The highest BCUT2D eigenvalue weighted by Gasteiger charge is 2.14. The van der Waals surface area contributed by atoms with Gasteiger partial charge in [-0.3, -0.25) is 4.79 Å². The van der Waals surface area contributed by atoms with Crippen molar-refractivity contribution in [2.24, 2.45) is 0 Å². The molecule has 3 aromatic carbocycles. The van der Waals surface area contributed by atoms with Gasteiger partial charge >= 0.3 is 0 Å². The second-order valence-corrected chi connectivity index (χ2v) is 8.21. The second kappa shape index (κ2) is 9.69. The minimum Gasteiger partial charge on any atom is -0.491 e. The summed E-state index contributed by atoms with van der Waals surface area (Å²) in [5, 5.41) is 3.03. The van der Waals surface area contributed by atoms with Gasteiger partial charge in [0.15, 0.2) is 0 Å². The monoisotopic (exact) mass is 427 g/mol. The van der Waals surface area contributed by atoms with Crippen LogP contribution in [0.15, 0.2) is 72.8 Å². The van der Waals surface area contributed by atoms with Crippen molar-refractivity contribution in [3.63, 3.8) is 0 Å². The first-order chi connectivity index (χ1) is 15.5. The second-order valence-electron chi connectivity index (χ2n) is 8.21. The number of imidazole rings is 1. The van der Waals surface area contributed by atoms with Gasteiger partial charge in [0.25, 0.3) is 5.91 Å². The highest BCUT2D eigenvalue weighted by atomic mass is 16.5. The fraction of sp³-hybridized carbons (Fsp3) is 0.259. The van der Waals surface area contributed by atoms with Crippen LogP contribution in [0.1, 0.15) is 47.1 Å². The molecule has 0 aliphatic carbocycles. The summed E-state index contributed by atoms with van der Waals surface area (Å²) in [4.78, 5) is 17.5. The van der Waals surface area contributed by atoms with Crippen molar-refractivity contribution in [3.05, 3.63) is 95.3 Å². The Balaban J connectivity index is 1.51. The minimum atomic E-state index is -0.0937. The maximum absolute atomic E-state index is 12.7. The summed E-state index contributed by atoms with van der Waals surface area (Å²) in [6.45, 7) is 7.79. The zero-order valence-corrected chi connectivity index (χ0v) is 18.8. The molecule has 0 saturated heterocycles. The van der Waals surface area contributed by atoms with E-state index in [-0.39, 0.29) is 5.91 Å². The molecule has 1 aromatic heterocycles. The highest BCUT2D eigenvalue weighted by Crippen LogP contribution is 2.26. The maximum Gasteiger partial charge on any atom is 0.251 e. The van der Waals surface area contributed by atoms with Crippen LogP contribution < -0.4 is 10.1 Å². The summed E-state index contributed by atoms with van der Waals surface area (Å²) in [5.41, 5.74) is 4.79. The third kappa shape index (κ3) is 4.67. The van der Waals surface area contributed by atoms with E-state index in [1.54, 1.807) is 0 Å². The Morgan fingerprint density at radius 1 is 1.00 bits per heavy atom. The van der Waals surface area contributed by atoms with E-state index in [2.05, 4.69) is 35.9 Å². The average Bonchev–Trinajstić information content (AvgIpc) is 3.15. The van der Waals surface area contributed by atoms with E-state index in [0.29, 0.717) is 31.2 Å². The predicted molar refractivity (Wildman–Crippen MR) is 128 cm³/mol. The van der Waals surface area contributed by atoms with Gasteiger partial charge in [-0.15, -0.1) is 0 Å². The van der Waals surface area contributed by atoms with Crippen LogP contribution in [0.5, 0.6) is 5.75 Å². The van der Waals surface area contributed by atoms with Crippen molar-refractivity contribution < 1.29 is 9.53 Å². The topological polar surface area (TPSA) is 56.2 Å². The van der Waals surface area contributed by atoms with Gasteiger partial charge in [-0.2, -0.15) is 0 Å². The molecule has 0 saturated carbocycles. The number of carbonyl (C=O) groups excluding carboxylic acids is 1. The molecule has 0 unspecified atom stereocenters. The Morgan fingerprint density at radius 2 is 1.72 bits per heavy atom. The highest BCUT2D eigenvalue weighted by molar-refractivity contribution is 5.95. The number of hydrogen-bond acceptors (Lipinski definition) is 3. The Labute approximate surface area is 189 Å². The van der Waals surface area contributed by atoms with Crippen LogP contribution in [-0.2, 0) is 13.1 Å². The molecule has 0 fully saturated rings. The van der Waals surface area contributed by atoms with Crippen LogP contribution in [0, 0.1) is 6.92 Å². The number of para-hydroxylation sites is 3. The number of aromatic nitrogens is 2. The molecule has 0 spiro atoms. The van der Waals surface area contributed by atoms with Crippen LogP contribution in [0.4, 0.5) is 0 Å². The lowest BCUT2D eigenvalue weighted by Gasteiger charge is -2.15. The Bertz CT molecular complexity index is 1230. The quantitative estimate of drug-likeness (QED) is 0.405. The average molecular weight is 428 g/mol. The Kier molecular flexibility index (Phi) is 6.55. The number of fused-ring (bicyclic) bond motifs is 1. The molecule has 1 amide bonds. The van der Waals surface area contributed by atoms with Gasteiger partial charge < -0.3 is 14.6 Å². The summed E-state index contributed by atoms with van der Waals surface area (Å²) in [7, 11) is 0. The van der Waals surface area contributed by atoms with E-state index in [4.69, 9.17) is 9.72 Å². The van der Waals surface area contributed by atoms with Crippen LogP contribution in [0.2, 0.25) is 0 Å². The molecular formula is C27H29N3O2. The molecule has 0 aliphatic heterocycles.